The number of nitrogens with one attached hydrogen (secondary N) is 3. The fourth-order valence-corrected chi connectivity index (χ4v) is 2.64. The van der Waals surface area contributed by atoms with Gasteiger partial charge in [-0.05, 0) is 28.4 Å². The van der Waals surface area contributed by atoms with E-state index in [1.807, 2.05) is 31.2 Å². The van der Waals surface area contributed by atoms with Crippen LogP contribution in [0.15, 0.2) is 28.7 Å². The fraction of sp³-hybridized carbons (Fsp3) is 0.312. The molecule has 3 amide bonds. The SMILES string of the molecule is CCCCNC(=O)NC(=O)COC(=O)c1[nH]c2ccccc2c1Br. The molecule has 0 bridgehead atoms. The predicted octanol–water partition coefficient (Wildman–Crippen LogP) is 2.71. The molecule has 0 radical (unpaired) electrons. The summed E-state index contributed by atoms with van der Waals surface area (Å²) >= 11 is 3.34. The zero-order valence-electron chi connectivity index (χ0n) is 13.1. The van der Waals surface area contributed by atoms with E-state index < -0.39 is 24.5 Å². The molecule has 2 aromatic rings. The lowest BCUT2D eigenvalue weighted by molar-refractivity contribution is -0.123. The van der Waals surface area contributed by atoms with Crippen LogP contribution in [0.25, 0.3) is 10.9 Å². The van der Waals surface area contributed by atoms with Crippen LogP contribution in [0, 0.1) is 0 Å². The topological polar surface area (TPSA) is 100 Å². The summed E-state index contributed by atoms with van der Waals surface area (Å²) in [5.41, 5.74) is 0.993. The quantitative estimate of drug-likeness (QED) is 0.516. The molecule has 7 nitrogen and oxygen atoms in total. The van der Waals surface area contributed by atoms with Crippen molar-refractivity contribution < 1.29 is 19.1 Å². The number of hydrogen-bond acceptors (Lipinski definition) is 4. The van der Waals surface area contributed by atoms with Crippen LogP contribution in [0.2, 0.25) is 0 Å². The summed E-state index contributed by atoms with van der Waals surface area (Å²) in [6.45, 7) is 1.94. The van der Waals surface area contributed by atoms with E-state index in [0.29, 0.717) is 11.0 Å². The molecule has 0 aliphatic heterocycles. The largest absolute Gasteiger partial charge is 0.451 e. The minimum Gasteiger partial charge on any atom is -0.451 e. The third kappa shape index (κ3) is 4.58. The summed E-state index contributed by atoms with van der Waals surface area (Å²) in [6.07, 6.45) is 1.76. The van der Waals surface area contributed by atoms with Gasteiger partial charge in [0.25, 0.3) is 5.91 Å². The Bertz CT molecular complexity index is 757. The Morgan fingerprint density at radius 2 is 2.00 bits per heavy atom. The highest BCUT2D eigenvalue weighted by Crippen LogP contribution is 2.27. The van der Waals surface area contributed by atoms with E-state index in [1.165, 1.54) is 0 Å². The van der Waals surface area contributed by atoms with Gasteiger partial charge in [-0.25, -0.2) is 9.59 Å². The van der Waals surface area contributed by atoms with Gasteiger partial charge in [-0.1, -0.05) is 31.5 Å². The molecule has 0 saturated heterocycles. The molecule has 1 heterocycles. The van der Waals surface area contributed by atoms with Gasteiger partial charge in [0.2, 0.25) is 0 Å². The first-order chi connectivity index (χ1) is 11.5. The molecule has 0 saturated carbocycles. The second-order valence-corrected chi connectivity index (χ2v) is 5.89. The molecule has 0 aliphatic carbocycles. The summed E-state index contributed by atoms with van der Waals surface area (Å²) in [4.78, 5) is 38.0. The number of halogens is 1. The number of carbonyl (C=O) groups is 3. The molecule has 1 aromatic heterocycles. The predicted molar refractivity (Wildman–Crippen MR) is 92.7 cm³/mol. The van der Waals surface area contributed by atoms with Gasteiger partial charge >= 0.3 is 12.0 Å². The molecule has 1 aromatic carbocycles. The molecule has 0 unspecified atom stereocenters. The molecule has 0 spiro atoms. The van der Waals surface area contributed by atoms with Crippen LogP contribution in [0.4, 0.5) is 4.79 Å². The van der Waals surface area contributed by atoms with Crippen molar-refractivity contribution in [3.8, 4) is 0 Å². The summed E-state index contributed by atoms with van der Waals surface area (Å²) in [6, 6.07) is 6.76. The van der Waals surface area contributed by atoms with E-state index in [1.54, 1.807) is 0 Å². The van der Waals surface area contributed by atoms with Crippen molar-refractivity contribution in [2.24, 2.45) is 0 Å². The number of aromatic amines is 1. The zero-order chi connectivity index (χ0) is 17.5. The van der Waals surface area contributed by atoms with Crippen LogP contribution >= 0.6 is 15.9 Å². The molecule has 128 valence electrons. The number of urea groups is 1. The van der Waals surface area contributed by atoms with Crippen molar-refractivity contribution >= 4 is 44.7 Å². The second kappa shape index (κ2) is 8.49. The third-order valence-corrected chi connectivity index (χ3v) is 4.07. The molecule has 2 rings (SSSR count). The van der Waals surface area contributed by atoms with Gasteiger partial charge in [-0.2, -0.15) is 0 Å². The Kier molecular flexibility index (Phi) is 6.36. The van der Waals surface area contributed by atoms with E-state index in [2.05, 4.69) is 31.5 Å². The number of hydrogen-bond donors (Lipinski definition) is 3. The Morgan fingerprint density at radius 1 is 1.25 bits per heavy atom. The van der Waals surface area contributed by atoms with Gasteiger partial charge < -0.3 is 15.0 Å². The second-order valence-electron chi connectivity index (χ2n) is 5.09. The minimum atomic E-state index is -0.690. The first-order valence-electron chi connectivity index (χ1n) is 7.54. The van der Waals surface area contributed by atoms with Crippen molar-refractivity contribution in [1.29, 1.82) is 0 Å². The van der Waals surface area contributed by atoms with Crippen molar-refractivity contribution in [2.75, 3.05) is 13.2 Å². The summed E-state index contributed by atoms with van der Waals surface area (Å²) < 4.78 is 5.50. The minimum absolute atomic E-state index is 0.219. The van der Waals surface area contributed by atoms with Crippen LogP contribution in [-0.4, -0.2) is 36.0 Å². The maximum absolute atomic E-state index is 12.1. The highest BCUT2D eigenvalue weighted by atomic mass is 79.9. The number of rotatable bonds is 6. The van der Waals surface area contributed by atoms with Crippen LogP contribution in [0.1, 0.15) is 30.3 Å². The molecule has 0 fully saturated rings. The molecular formula is C16H18BrN3O4. The lowest BCUT2D eigenvalue weighted by Gasteiger charge is -2.06. The number of unbranched alkanes of at least 4 members (excludes halogenated alkanes) is 1. The molecule has 3 N–H and O–H groups in total. The fourth-order valence-electron chi connectivity index (χ4n) is 2.04. The third-order valence-electron chi connectivity index (χ3n) is 3.25. The first-order valence-corrected chi connectivity index (χ1v) is 8.33. The van der Waals surface area contributed by atoms with Crippen LogP contribution < -0.4 is 10.6 Å². The van der Waals surface area contributed by atoms with Gasteiger partial charge in [0, 0.05) is 17.4 Å². The molecule has 24 heavy (non-hydrogen) atoms. The van der Waals surface area contributed by atoms with E-state index >= 15 is 0 Å². The van der Waals surface area contributed by atoms with Crippen LogP contribution in [0.5, 0.6) is 0 Å². The summed E-state index contributed by atoms with van der Waals surface area (Å²) in [7, 11) is 0. The number of benzene rings is 1. The normalized spacial score (nSPS) is 10.4. The van der Waals surface area contributed by atoms with Crippen LogP contribution in [-0.2, 0) is 9.53 Å². The number of aromatic nitrogens is 1. The summed E-state index contributed by atoms with van der Waals surface area (Å²) in [5, 5.41) is 5.47. The van der Waals surface area contributed by atoms with E-state index in [4.69, 9.17) is 4.74 Å². The van der Waals surface area contributed by atoms with Gasteiger partial charge in [0.1, 0.15) is 5.69 Å². The van der Waals surface area contributed by atoms with Crippen molar-refractivity contribution in [3.63, 3.8) is 0 Å². The lowest BCUT2D eigenvalue weighted by atomic mass is 10.2. The van der Waals surface area contributed by atoms with Crippen molar-refractivity contribution in [3.05, 3.63) is 34.4 Å². The van der Waals surface area contributed by atoms with Crippen molar-refractivity contribution in [1.82, 2.24) is 15.6 Å². The van der Waals surface area contributed by atoms with Gasteiger partial charge in [-0.15, -0.1) is 0 Å². The number of amides is 3. The van der Waals surface area contributed by atoms with Crippen LogP contribution in [0.3, 0.4) is 0 Å². The van der Waals surface area contributed by atoms with Gasteiger partial charge in [0.05, 0.1) is 4.47 Å². The van der Waals surface area contributed by atoms with E-state index in [9.17, 15) is 14.4 Å². The number of esters is 1. The molecular weight excluding hydrogens is 378 g/mol. The molecule has 8 heteroatoms. The number of fused-ring (bicyclic) bond motifs is 1. The van der Waals surface area contributed by atoms with Gasteiger partial charge in [0.15, 0.2) is 6.61 Å². The Labute approximate surface area is 147 Å². The van der Waals surface area contributed by atoms with Gasteiger partial charge in [-0.3, -0.25) is 10.1 Å². The smallest absolute Gasteiger partial charge is 0.356 e. The number of carbonyl (C=O) groups excluding carboxylic acids is 3. The van der Waals surface area contributed by atoms with E-state index in [-0.39, 0.29) is 5.69 Å². The average molecular weight is 396 g/mol. The monoisotopic (exact) mass is 395 g/mol. The highest BCUT2D eigenvalue weighted by molar-refractivity contribution is 9.10. The lowest BCUT2D eigenvalue weighted by Crippen LogP contribution is -2.41. The zero-order valence-corrected chi connectivity index (χ0v) is 14.7. The Hall–Kier alpha value is -2.35. The number of H-pyrrole nitrogens is 1. The Balaban J connectivity index is 1.87. The number of imide groups is 1. The maximum atomic E-state index is 12.1. The average Bonchev–Trinajstić information content (AvgIpc) is 2.90. The maximum Gasteiger partial charge on any atom is 0.356 e. The first kappa shape index (κ1) is 18.0. The standard InChI is InChI=1S/C16H18BrN3O4/c1-2-3-8-18-16(23)20-12(21)9-24-15(22)14-13(17)10-6-4-5-7-11(10)19-14/h4-7,19H,2-3,8-9H2,1H3,(H2,18,20,21,23). The number of ether oxygens (including phenoxy) is 1. The van der Waals surface area contributed by atoms with E-state index in [0.717, 1.165) is 23.7 Å². The summed E-state index contributed by atoms with van der Waals surface area (Å²) in [5.74, 6) is -1.37. The number of para-hydroxylation sites is 1. The van der Waals surface area contributed by atoms with Crippen molar-refractivity contribution in [2.45, 2.75) is 19.8 Å². The highest BCUT2D eigenvalue weighted by Gasteiger charge is 2.18. The Morgan fingerprint density at radius 3 is 2.71 bits per heavy atom. The molecule has 0 atom stereocenters. The molecule has 0 aliphatic rings.